The summed E-state index contributed by atoms with van der Waals surface area (Å²) in [4.78, 5) is 23.4. The van der Waals surface area contributed by atoms with E-state index < -0.39 is 23.3 Å². The number of hydrogen-bond donors (Lipinski definition) is 1. The summed E-state index contributed by atoms with van der Waals surface area (Å²) in [6.45, 7) is 7.40. The second kappa shape index (κ2) is 4.07. The van der Waals surface area contributed by atoms with Crippen LogP contribution in [-0.2, 0) is 19.1 Å². The molecule has 0 bridgehead atoms. The molecule has 0 aromatic rings. The van der Waals surface area contributed by atoms with Crippen LogP contribution < -0.4 is 0 Å². The van der Waals surface area contributed by atoms with E-state index in [0.29, 0.717) is 24.8 Å². The predicted molar refractivity (Wildman–Crippen MR) is 69.6 cm³/mol. The fourth-order valence-electron chi connectivity index (χ4n) is 4.14. The molecule has 110 valence electrons. The number of aliphatic hydroxyl groups is 1. The first-order valence-electron chi connectivity index (χ1n) is 7.13. The van der Waals surface area contributed by atoms with Crippen molar-refractivity contribution in [1.29, 1.82) is 0 Å². The molecule has 20 heavy (non-hydrogen) atoms. The number of carbonyl (C=O) groups is 2. The normalized spacial score (nSPS) is 48.0. The third kappa shape index (κ3) is 1.53. The molecular weight excluding hydrogens is 260 g/mol. The minimum Gasteiger partial charge on any atom is -0.456 e. The Morgan fingerprint density at radius 1 is 1.35 bits per heavy atom. The monoisotopic (exact) mass is 280 g/mol. The minimum absolute atomic E-state index is 0.0149. The van der Waals surface area contributed by atoms with Gasteiger partial charge >= 0.3 is 11.9 Å². The maximum absolute atomic E-state index is 11.7. The van der Waals surface area contributed by atoms with Gasteiger partial charge in [0.05, 0.1) is 0 Å². The van der Waals surface area contributed by atoms with Crippen LogP contribution in [0.4, 0.5) is 0 Å². The lowest BCUT2D eigenvalue weighted by Gasteiger charge is -2.46. The second-order valence-corrected chi connectivity index (χ2v) is 6.45. The zero-order valence-electron chi connectivity index (χ0n) is 11.8. The fraction of sp³-hybridized carbons (Fsp3) is 0.733. The number of ether oxygens (including phenoxy) is 2. The largest absolute Gasteiger partial charge is 0.456 e. The van der Waals surface area contributed by atoms with Gasteiger partial charge in [0.2, 0.25) is 0 Å². The van der Waals surface area contributed by atoms with Crippen LogP contribution in [0.5, 0.6) is 0 Å². The van der Waals surface area contributed by atoms with E-state index in [1.165, 1.54) is 0 Å². The van der Waals surface area contributed by atoms with Crippen LogP contribution in [0.25, 0.3) is 0 Å². The molecule has 1 aliphatic carbocycles. The molecule has 0 radical (unpaired) electrons. The summed E-state index contributed by atoms with van der Waals surface area (Å²) in [6.07, 6.45) is 1.56. The SMILES string of the molecule is C=C1C(=O)O[C@@H]2[C@H]1CC[C@H](C)[C@@]1(CCC(=O)O1)[C@@]2(C)O. The Labute approximate surface area is 117 Å². The molecule has 2 aliphatic heterocycles. The summed E-state index contributed by atoms with van der Waals surface area (Å²) >= 11 is 0. The fourth-order valence-corrected chi connectivity index (χ4v) is 4.14. The third-order valence-corrected chi connectivity index (χ3v) is 5.42. The predicted octanol–water partition coefficient (Wildman–Crippen LogP) is 1.34. The van der Waals surface area contributed by atoms with Gasteiger partial charge in [-0.15, -0.1) is 0 Å². The van der Waals surface area contributed by atoms with Gasteiger partial charge in [-0.2, -0.15) is 0 Å². The van der Waals surface area contributed by atoms with Gasteiger partial charge in [-0.1, -0.05) is 13.5 Å². The standard InChI is InChI=1S/C15H20O5/c1-8-4-5-10-9(2)13(17)19-12(10)14(3,18)15(8)7-6-11(16)20-15/h8,10,12,18H,2,4-7H2,1,3H3/t8-,10-,12+,14-,15-/m0/s1. The highest BCUT2D eigenvalue weighted by atomic mass is 16.6. The maximum Gasteiger partial charge on any atom is 0.334 e. The van der Waals surface area contributed by atoms with E-state index in [1.807, 2.05) is 6.92 Å². The summed E-state index contributed by atoms with van der Waals surface area (Å²) < 4.78 is 10.9. The Hall–Kier alpha value is -1.36. The average molecular weight is 280 g/mol. The topological polar surface area (TPSA) is 72.8 Å². The smallest absolute Gasteiger partial charge is 0.334 e. The van der Waals surface area contributed by atoms with Crippen LogP contribution in [0.1, 0.15) is 39.5 Å². The summed E-state index contributed by atoms with van der Waals surface area (Å²) in [5.41, 5.74) is -1.94. The van der Waals surface area contributed by atoms with Crippen molar-refractivity contribution in [2.45, 2.75) is 56.8 Å². The van der Waals surface area contributed by atoms with Crippen LogP contribution >= 0.6 is 0 Å². The van der Waals surface area contributed by atoms with E-state index in [1.54, 1.807) is 6.92 Å². The van der Waals surface area contributed by atoms with Crippen molar-refractivity contribution in [3.63, 3.8) is 0 Å². The summed E-state index contributed by atoms with van der Waals surface area (Å²) in [7, 11) is 0. The van der Waals surface area contributed by atoms with Crippen LogP contribution in [0, 0.1) is 11.8 Å². The molecule has 1 N–H and O–H groups in total. The molecule has 5 heteroatoms. The molecule has 5 atom stereocenters. The van der Waals surface area contributed by atoms with Crippen LogP contribution in [-0.4, -0.2) is 34.4 Å². The summed E-state index contributed by atoms with van der Waals surface area (Å²) in [5, 5.41) is 11.1. The lowest BCUT2D eigenvalue weighted by Crippen LogP contribution is -2.62. The third-order valence-electron chi connectivity index (χ3n) is 5.42. The van der Waals surface area contributed by atoms with Gasteiger partial charge in [-0.05, 0) is 25.7 Å². The molecule has 0 aromatic heterocycles. The summed E-state index contributed by atoms with van der Waals surface area (Å²) in [6, 6.07) is 0. The van der Waals surface area contributed by atoms with Crippen molar-refractivity contribution in [2.75, 3.05) is 0 Å². The van der Waals surface area contributed by atoms with Crippen LogP contribution in [0.3, 0.4) is 0 Å². The highest BCUT2D eigenvalue weighted by molar-refractivity contribution is 5.91. The minimum atomic E-state index is -1.39. The van der Waals surface area contributed by atoms with Crippen molar-refractivity contribution in [2.24, 2.45) is 11.8 Å². The maximum atomic E-state index is 11.7. The lowest BCUT2D eigenvalue weighted by molar-refractivity contribution is -0.219. The van der Waals surface area contributed by atoms with Gasteiger partial charge < -0.3 is 14.6 Å². The molecular formula is C15H20O5. The molecule has 3 rings (SSSR count). The zero-order valence-corrected chi connectivity index (χ0v) is 11.8. The highest BCUT2D eigenvalue weighted by Gasteiger charge is 2.66. The molecule has 5 nitrogen and oxygen atoms in total. The number of rotatable bonds is 0. The lowest BCUT2D eigenvalue weighted by atomic mass is 9.70. The molecule has 0 amide bonds. The zero-order chi connectivity index (χ0) is 14.7. The van der Waals surface area contributed by atoms with Crippen LogP contribution in [0.2, 0.25) is 0 Å². The molecule has 0 unspecified atom stereocenters. The quantitative estimate of drug-likeness (QED) is 0.535. The van der Waals surface area contributed by atoms with Gasteiger partial charge in [-0.3, -0.25) is 4.79 Å². The molecule has 3 aliphatic rings. The first-order valence-corrected chi connectivity index (χ1v) is 7.13. The van der Waals surface area contributed by atoms with E-state index in [0.717, 1.165) is 6.42 Å². The first kappa shape index (κ1) is 13.6. The van der Waals surface area contributed by atoms with Crippen LogP contribution in [0.15, 0.2) is 12.2 Å². The Morgan fingerprint density at radius 3 is 2.65 bits per heavy atom. The summed E-state index contributed by atoms with van der Waals surface area (Å²) in [5.74, 6) is -0.923. The number of hydrogen-bond acceptors (Lipinski definition) is 5. The van der Waals surface area contributed by atoms with Crippen molar-refractivity contribution < 1.29 is 24.2 Å². The van der Waals surface area contributed by atoms with E-state index in [2.05, 4.69) is 6.58 Å². The van der Waals surface area contributed by atoms with E-state index in [-0.39, 0.29) is 17.8 Å². The van der Waals surface area contributed by atoms with E-state index >= 15 is 0 Å². The van der Waals surface area contributed by atoms with Gasteiger partial charge in [0.1, 0.15) is 17.3 Å². The molecule has 2 saturated heterocycles. The van der Waals surface area contributed by atoms with Gasteiger partial charge in [0.25, 0.3) is 0 Å². The van der Waals surface area contributed by atoms with Crippen molar-refractivity contribution in [3.05, 3.63) is 12.2 Å². The van der Waals surface area contributed by atoms with Crippen molar-refractivity contribution >= 4 is 11.9 Å². The number of esters is 2. The van der Waals surface area contributed by atoms with E-state index in [4.69, 9.17) is 9.47 Å². The van der Waals surface area contributed by atoms with Gasteiger partial charge in [-0.25, -0.2) is 4.79 Å². The van der Waals surface area contributed by atoms with Crippen molar-refractivity contribution in [3.8, 4) is 0 Å². The molecule has 0 aromatic carbocycles. The first-order chi connectivity index (χ1) is 9.29. The van der Waals surface area contributed by atoms with Gasteiger partial charge in [0.15, 0.2) is 0 Å². The highest BCUT2D eigenvalue weighted by Crippen LogP contribution is 2.53. The Kier molecular flexibility index (Phi) is 2.77. The molecule has 1 spiro atoms. The number of fused-ring (bicyclic) bond motifs is 1. The second-order valence-electron chi connectivity index (χ2n) is 6.45. The average Bonchev–Trinajstić information content (AvgIpc) is 2.89. The Morgan fingerprint density at radius 2 is 2.05 bits per heavy atom. The van der Waals surface area contributed by atoms with Crippen molar-refractivity contribution in [1.82, 2.24) is 0 Å². The molecule has 3 fully saturated rings. The van der Waals surface area contributed by atoms with Gasteiger partial charge in [0, 0.05) is 24.3 Å². The molecule has 1 saturated carbocycles. The Balaban J connectivity index is 2.06. The number of carbonyl (C=O) groups excluding carboxylic acids is 2. The Bertz CT molecular complexity index is 494. The van der Waals surface area contributed by atoms with E-state index in [9.17, 15) is 14.7 Å². The molecule has 2 heterocycles.